The third-order valence-electron chi connectivity index (χ3n) is 2.93. The summed E-state index contributed by atoms with van der Waals surface area (Å²) in [6, 6.07) is 13.6. The van der Waals surface area contributed by atoms with E-state index in [1.807, 2.05) is 38.1 Å². The van der Waals surface area contributed by atoms with Crippen molar-refractivity contribution in [1.82, 2.24) is 0 Å². The van der Waals surface area contributed by atoms with Gasteiger partial charge in [-0.2, -0.15) is 0 Å². The summed E-state index contributed by atoms with van der Waals surface area (Å²) in [5, 5.41) is 2.84. The first-order valence-corrected chi connectivity index (χ1v) is 8.57. The van der Waals surface area contributed by atoms with E-state index >= 15 is 0 Å². The summed E-state index contributed by atoms with van der Waals surface area (Å²) in [5.41, 5.74) is 1.74. The minimum Gasteiger partial charge on any atom is -0.491 e. The second-order valence-corrected chi connectivity index (χ2v) is 6.34. The number of benzene rings is 2. The first-order valence-electron chi connectivity index (χ1n) is 7.41. The van der Waals surface area contributed by atoms with E-state index in [1.54, 1.807) is 12.1 Å². The van der Waals surface area contributed by atoms with Crippen molar-refractivity contribution in [2.75, 3.05) is 11.1 Å². The van der Waals surface area contributed by atoms with Crippen LogP contribution in [-0.2, 0) is 10.5 Å². The van der Waals surface area contributed by atoms with Gasteiger partial charge in [-0.25, -0.2) is 4.39 Å². The highest BCUT2D eigenvalue weighted by atomic mass is 32.2. The number of rotatable bonds is 7. The average Bonchev–Trinajstić information content (AvgIpc) is 2.51. The fraction of sp³-hybridized carbons (Fsp3) is 0.278. The Balaban J connectivity index is 1.75. The zero-order valence-corrected chi connectivity index (χ0v) is 14.0. The molecule has 0 aromatic heterocycles. The Labute approximate surface area is 140 Å². The molecule has 0 aliphatic heterocycles. The molecular formula is C18H20FNO2S. The van der Waals surface area contributed by atoms with Gasteiger partial charge >= 0.3 is 0 Å². The molecule has 0 aliphatic rings. The minimum atomic E-state index is -0.249. The minimum absolute atomic E-state index is 0.0605. The molecule has 5 heteroatoms. The number of thioether (sulfide) groups is 1. The highest BCUT2D eigenvalue weighted by molar-refractivity contribution is 7.99. The lowest BCUT2D eigenvalue weighted by Gasteiger charge is -2.10. The van der Waals surface area contributed by atoms with Crippen molar-refractivity contribution in [2.24, 2.45) is 0 Å². The Morgan fingerprint density at radius 3 is 2.39 bits per heavy atom. The first kappa shape index (κ1) is 17.3. The van der Waals surface area contributed by atoms with Gasteiger partial charge in [-0.05, 0) is 55.8 Å². The Morgan fingerprint density at radius 2 is 1.78 bits per heavy atom. The molecule has 0 saturated heterocycles. The summed E-state index contributed by atoms with van der Waals surface area (Å²) < 4.78 is 18.4. The highest BCUT2D eigenvalue weighted by Crippen LogP contribution is 2.18. The number of carbonyl (C=O) groups excluding carboxylic acids is 1. The Hall–Kier alpha value is -2.01. The molecule has 0 saturated carbocycles. The maximum absolute atomic E-state index is 12.8. The van der Waals surface area contributed by atoms with E-state index in [4.69, 9.17) is 4.74 Å². The number of nitrogens with one attached hydrogen (secondary N) is 1. The van der Waals surface area contributed by atoms with E-state index in [2.05, 4.69) is 5.32 Å². The van der Waals surface area contributed by atoms with Crippen LogP contribution in [0.2, 0.25) is 0 Å². The van der Waals surface area contributed by atoms with E-state index in [9.17, 15) is 9.18 Å². The van der Waals surface area contributed by atoms with Crippen LogP contribution >= 0.6 is 11.8 Å². The quantitative estimate of drug-likeness (QED) is 0.811. The summed E-state index contributed by atoms with van der Waals surface area (Å²) >= 11 is 1.49. The summed E-state index contributed by atoms with van der Waals surface area (Å²) in [7, 11) is 0. The zero-order chi connectivity index (χ0) is 16.7. The molecule has 0 atom stereocenters. The molecule has 1 amide bonds. The molecule has 1 N–H and O–H groups in total. The number of amides is 1. The van der Waals surface area contributed by atoms with Crippen molar-refractivity contribution in [3.63, 3.8) is 0 Å². The summed E-state index contributed by atoms with van der Waals surface area (Å²) in [5.74, 6) is 1.50. The first-order chi connectivity index (χ1) is 11.0. The normalized spacial score (nSPS) is 10.6. The Bertz CT molecular complexity index is 626. The van der Waals surface area contributed by atoms with Crippen LogP contribution in [0.25, 0.3) is 0 Å². The molecule has 0 heterocycles. The molecule has 2 aromatic carbocycles. The molecule has 2 rings (SSSR count). The van der Waals surface area contributed by atoms with Crippen LogP contribution in [0.3, 0.4) is 0 Å². The fourth-order valence-corrected chi connectivity index (χ4v) is 2.72. The van der Waals surface area contributed by atoms with Crippen molar-refractivity contribution in [2.45, 2.75) is 25.7 Å². The van der Waals surface area contributed by atoms with Crippen LogP contribution in [0.15, 0.2) is 48.5 Å². The van der Waals surface area contributed by atoms with Crippen molar-refractivity contribution < 1.29 is 13.9 Å². The lowest BCUT2D eigenvalue weighted by molar-refractivity contribution is -0.113. The molecular weight excluding hydrogens is 313 g/mol. The Kier molecular flexibility index (Phi) is 6.47. The molecule has 0 bridgehead atoms. The molecule has 3 nitrogen and oxygen atoms in total. The maximum atomic E-state index is 12.8. The van der Waals surface area contributed by atoms with Gasteiger partial charge < -0.3 is 10.1 Å². The topological polar surface area (TPSA) is 38.3 Å². The zero-order valence-electron chi connectivity index (χ0n) is 13.2. The number of hydrogen-bond acceptors (Lipinski definition) is 3. The van der Waals surface area contributed by atoms with Crippen LogP contribution in [0.1, 0.15) is 19.4 Å². The largest absolute Gasteiger partial charge is 0.491 e. The second-order valence-electron chi connectivity index (χ2n) is 5.36. The maximum Gasteiger partial charge on any atom is 0.234 e. The average molecular weight is 333 g/mol. The van der Waals surface area contributed by atoms with Gasteiger partial charge in [-0.3, -0.25) is 4.79 Å². The van der Waals surface area contributed by atoms with E-state index in [0.717, 1.165) is 17.0 Å². The van der Waals surface area contributed by atoms with E-state index in [1.165, 1.54) is 23.9 Å². The molecule has 23 heavy (non-hydrogen) atoms. The van der Waals surface area contributed by atoms with Gasteiger partial charge in [0, 0.05) is 11.4 Å². The van der Waals surface area contributed by atoms with Crippen molar-refractivity contribution >= 4 is 23.4 Å². The number of anilines is 1. The lowest BCUT2D eigenvalue weighted by atomic mass is 10.2. The number of carbonyl (C=O) groups is 1. The summed E-state index contributed by atoms with van der Waals surface area (Å²) in [6.45, 7) is 3.93. The number of ether oxygens (including phenoxy) is 1. The fourth-order valence-electron chi connectivity index (χ4n) is 1.93. The molecule has 2 aromatic rings. The van der Waals surface area contributed by atoms with Gasteiger partial charge in [-0.1, -0.05) is 12.1 Å². The van der Waals surface area contributed by atoms with Gasteiger partial charge in [0.15, 0.2) is 0 Å². The molecule has 0 aliphatic carbocycles. The predicted molar refractivity (Wildman–Crippen MR) is 93.4 cm³/mol. The van der Waals surface area contributed by atoms with Crippen LogP contribution in [0, 0.1) is 5.82 Å². The monoisotopic (exact) mass is 333 g/mol. The van der Waals surface area contributed by atoms with Gasteiger partial charge in [-0.15, -0.1) is 11.8 Å². The third kappa shape index (κ3) is 6.32. The van der Waals surface area contributed by atoms with E-state index in [0.29, 0.717) is 11.5 Å². The molecule has 0 unspecified atom stereocenters. The van der Waals surface area contributed by atoms with Crippen LogP contribution in [0.5, 0.6) is 5.75 Å². The smallest absolute Gasteiger partial charge is 0.234 e. The van der Waals surface area contributed by atoms with Crippen LogP contribution in [0.4, 0.5) is 10.1 Å². The standard InChI is InChI=1S/C18H20FNO2S/c1-13(2)22-17-9-7-16(8-10-17)20-18(21)12-23-11-14-3-5-15(19)6-4-14/h3-10,13H,11-12H2,1-2H3,(H,20,21). The predicted octanol–water partition coefficient (Wildman–Crippen LogP) is 4.48. The summed E-state index contributed by atoms with van der Waals surface area (Å²) in [4.78, 5) is 11.9. The Morgan fingerprint density at radius 1 is 1.13 bits per heavy atom. The second kappa shape index (κ2) is 8.58. The van der Waals surface area contributed by atoms with Crippen LogP contribution < -0.4 is 10.1 Å². The van der Waals surface area contributed by atoms with Crippen molar-refractivity contribution in [3.8, 4) is 5.75 Å². The molecule has 0 fully saturated rings. The van der Waals surface area contributed by atoms with Gasteiger partial charge in [0.1, 0.15) is 11.6 Å². The van der Waals surface area contributed by atoms with Crippen molar-refractivity contribution in [3.05, 3.63) is 59.9 Å². The van der Waals surface area contributed by atoms with E-state index in [-0.39, 0.29) is 17.8 Å². The van der Waals surface area contributed by atoms with Gasteiger partial charge in [0.25, 0.3) is 0 Å². The summed E-state index contributed by atoms with van der Waals surface area (Å²) in [6.07, 6.45) is 0.123. The van der Waals surface area contributed by atoms with Gasteiger partial charge in [0.05, 0.1) is 11.9 Å². The molecule has 122 valence electrons. The van der Waals surface area contributed by atoms with E-state index < -0.39 is 0 Å². The highest BCUT2D eigenvalue weighted by Gasteiger charge is 2.04. The number of hydrogen-bond donors (Lipinski definition) is 1. The number of halogens is 1. The third-order valence-corrected chi connectivity index (χ3v) is 3.93. The molecule has 0 radical (unpaired) electrons. The van der Waals surface area contributed by atoms with Crippen molar-refractivity contribution in [1.29, 1.82) is 0 Å². The molecule has 0 spiro atoms. The lowest BCUT2D eigenvalue weighted by Crippen LogP contribution is -2.14. The SMILES string of the molecule is CC(C)Oc1ccc(NC(=O)CSCc2ccc(F)cc2)cc1. The van der Waals surface area contributed by atoms with Crippen LogP contribution in [-0.4, -0.2) is 17.8 Å². The van der Waals surface area contributed by atoms with Gasteiger partial charge in [0.2, 0.25) is 5.91 Å².